The molecule has 0 spiro atoms. The van der Waals surface area contributed by atoms with E-state index in [1.165, 1.54) is 6.20 Å². The van der Waals surface area contributed by atoms with E-state index in [9.17, 15) is 4.39 Å². The van der Waals surface area contributed by atoms with E-state index in [1.54, 1.807) is 6.07 Å². The van der Waals surface area contributed by atoms with Crippen LogP contribution in [0.1, 0.15) is 11.3 Å². The second kappa shape index (κ2) is 2.58. The number of nitrogens with one attached hydrogen (secondary N) is 1. The molecule has 1 aliphatic heterocycles. The summed E-state index contributed by atoms with van der Waals surface area (Å²) >= 11 is 0. The predicted molar refractivity (Wildman–Crippen MR) is 39.6 cm³/mol. The zero-order chi connectivity index (χ0) is 7.68. The Labute approximate surface area is 64.5 Å². The first-order chi connectivity index (χ1) is 5.36. The number of hydrogen-bond acceptors (Lipinski definition) is 2. The number of rotatable bonds is 0. The maximum atomic E-state index is 12.6. The Morgan fingerprint density at radius 2 is 2.45 bits per heavy atom. The highest BCUT2D eigenvalue weighted by atomic mass is 19.1. The molecule has 1 N–H and O–H groups in total. The second-order valence-electron chi connectivity index (χ2n) is 2.69. The zero-order valence-electron chi connectivity index (χ0n) is 6.10. The van der Waals surface area contributed by atoms with Gasteiger partial charge in [-0.3, -0.25) is 4.98 Å². The number of hydrogen-bond donors (Lipinski definition) is 1. The van der Waals surface area contributed by atoms with Crippen LogP contribution < -0.4 is 5.32 Å². The van der Waals surface area contributed by atoms with Crippen LogP contribution in [0.15, 0.2) is 12.3 Å². The van der Waals surface area contributed by atoms with Gasteiger partial charge in [-0.25, -0.2) is 4.39 Å². The monoisotopic (exact) mass is 152 g/mol. The van der Waals surface area contributed by atoms with E-state index in [2.05, 4.69) is 10.3 Å². The molecule has 0 radical (unpaired) electrons. The van der Waals surface area contributed by atoms with Crippen LogP contribution in [-0.4, -0.2) is 11.5 Å². The molecule has 0 aliphatic carbocycles. The molecule has 1 aromatic rings. The van der Waals surface area contributed by atoms with Crippen molar-refractivity contribution in [2.45, 2.75) is 13.0 Å². The number of nitrogens with zero attached hydrogens (tertiary/aromatic N) is 1. The van der Waals surface area contributed by atoms with Crippen molar-refractivity contribution < 1.29 is 4.39 Å². The molecule has 2 rings (SSSR count). The van der Waals surface area contributed by atoms with Gasteiger partial charge >= 0.3 is 0 Å². The third-order valence-corrected chi connectivity index (χ3v) is 1.89. The van der Waals surface area contributed by atoms with Gasteiger partial charge in [0, 0.05) is 6.54 Å². The van der Waals surface area contributed by atoms with Crippen LogP contribution in [-0.2, 0) is 13.0 Å². The van der Waals surface area contributed by atoms with Gasteiger partial charge < -0.3 is 5.32 Å². The highest BCUT2D eigenvalue weighted by Gasteiger charge is 2.09. The van der Waals surface area contributed by atoms with Gasteiger partial charge in [0.05, 0.1) is 11.9 Å². The molecule has 1 aliphatic rings. The van der Waals surface area contributed by atoms with E-state index in [0.717, 1.165) is 30.8 Å². The summed E-state index contributed by atoms with van der Waals surface area (Å²) in [5, 5.41) is 3.18. The van der Waals surface area contributed by atoms with Crippen molar-refractivity contribution in [1.29, 1.82) is 0 Å². The van der Waals surface area contributed by atoms with Gasteiger partial charge in [-0.15, -0.1) is 0 Å². The lowest BCUT2D eigenvalue weighted by Gasteiger charge is -2.14. The predicted octanol–water partition coefficient (Wildman–Crippen LogP) is 0.866. The van der Waals surface area contributed by atoms with Gasteiger partial charge in [0.2, 0.25) is 0 Å². The summed E-state index contributed by atoms with van der Waals surface area (Å²) in [4.78, 5) is 3.98. The summed E-state index contributed by atoms with van der Waals surface area (Å²) in [7, 11) is 0. The minimum atomic E-state index is -0.231. The Kier molecular flexibility index (Phi) is 1.58. The molecule has 11 heavy (non-hydrogen) atoms. The van der Waals surface area contributed by atoms with Crippen LogP contribution in [0.2, 0.25) is 0 Å². The summed E-state index contributed by atoms with van der Waals surface area (Å²) in [6, 6.07) is 1.57. The lowest BCUT2D eigenvalue weighted by Crippen LogP contribution is -2.24. The van der Waals surface area contributed by atoms with Crippen molar-refractivity contribution in [2.24, 2.45) is 0 Å². The lowest BCUT2D eigenvalue weighted by molar-refractivity contribution is 0.588. The van der Waals surface area contributed by atoms with Crippen molar-refractivity contribution in [3.05, 3.63) is 29.3 Å². The standard InChI is InChI=1S/C8H9FN2/c9-7-3-6-1-2-10-5-8(6)11-4-7/h3-4,10H,1-2,5H2. The fourth-order valence-electron chi connectivity index (χ4n) is 1.31. The smallest absolute Gasteiger partial charge is 0.141 e. The molecule has 1 aromatic heterocycles. The minimum Gasteiger partial charge on any atom is -0.311 e. The van der Waals surface area contributed by atoms with Crippen LogP contribution in [0.4, 0.5) is 4.39 Å². The van der Waals surface area contributed by atoms with Crippen LogP contribution in [0.3, 0.4) is 0 Å². The average Bonchev–Trinajstić information content (AvgIpc) is 2.04. The van der Waals surface area contributed by atoms with Gasteiger partial charge in [-0.2, -0.15) is 0 Å². The SMILES string of the molecule is Fc1cnc2c(c1)CCNC2. The van der Waals surface area contributed by atoms with Gasteiger partial charge in [0.25, 0.3) is 0 Å². The maximum Gasteiger partial charge on any atom is 0.141 e. The average molecular weight is 152 g/mol. The van der Waals surface area contributed by atoms with Gasteiger partial charge in [0.1, 0.15) is 5.82 Å². The van der Waals surface area contributed by atoms with E-state index in [0.29, 0.717) is 0 Å². The third kappa shape index (κ3) is 1.24. The fraction of sp³-hybridized carbons (Fsp3) is 0.375. The molecule has 0 unspecified atom stereocenters. The normalized spacial score (nSPS) is 16.1. The molecule has 2 nitrogen and oxygen atoms in total. The summed E-state index contributed by atoms with van der Waals surface area (Å²) in [6.45, 7) is 1.70. The second-order valence-corrected chi connectivity index (χ2v) is 2.69. The van der Waals surface area contributed by atoms with E-state index >= 15 is 0 Å². The largest absolute Gasteiger partial charge is 0.311 e. The first-order valence-electron chi connectivity index (χ1n) is 3.70. The van der Waals surface area contributed by atoms with Crippen molar-refractivity contribution >= 4 is 0 Å². The molecule has 0 saturated carbocycles. The maximum absolute atomic E-state index is 12.6. The summed E-state index contributed by atoms with van der Waals surface area (Å²) < 4.78 is 12.6. The minimum absolute atomic E-state index is 0.231. The Bertz CT molecular complexity index is 273. The van der Waals surface area contributed by atoms with Crippen LogP contribution >= 0.6 is 0 Å². The van der Waals surface area contributed by atoms with Crippen molar-refractivity contribution in [3.8, 4) is 0 Å². The Morgan fingerprint density at radius 1 is 1.55 bits per heavy atom. The molecule has 0 fully saturated rings. The lowest BCUT2D eigenvalue weighted by atomic mass is 10.1. The summed E-state index contributed by atoms with van der Waals surface area (Å²) in [5.41, 5.74) is 2.03. The van der Waals surface area contributed by atoms with Crippen molar-refractivity contribution in [1.82, 2.24) is 10.3 Å². The number of pyridine rings is 1. The van der Waals surface area contributed by atoms with Gasteiger partial charge in [-0.1, -0.05) is 0 Å². The first-order valence-corrected chi connectivity index (χ1v) is 3.70. The molecule has 58 valence electrons. The van der Waals surface area contributed by atoms with Gasteiger partial charge in [0.15, 0.2) is 0 Å². The quantitative estimate of drug-likeness (QED) is 0.596. The summed E-state index contributed by atoms with van der Waals surface area (Å²) in [5.74, 6) is -0.231. The molecule has 0 amide bonds. The topological polar surface area (TPSA) is 24.9 Å². The molecule has 2 heterocycles. The van der Waals surface area contributed by atoms with Crippen molar-refractivity contribution in [3.63, 3.8) is 0 Å². The molecule has 0 atom stereocenters. The van der Waals surface area contributed by atoms with Gasteiger partial charge in [-0.05, 0) is 24.6 Å². The van der Waals surface area contributed by atoms with E-state index in [4.69, 9.17) is 0 Å². The Morgan fingerprint density at radius 3 is 3.36 bits per heavy atom. The molecular formula is C8H9FN2. The molecule has 0 aromatic carbocycles. The molecule has 0 bridgehead atoms. The molecular weight excluding hydrogens is 143 g/mol. The Balaban J connectivity index is 2.43. The van der Waals surface area contributed by atoms with Crippen molar-refractivity contribution in [2.75, 3.05) is 6.54 Å². The molecule has 3 heteroatoms. The number of halogens is 1. The van der Waals surface area contributed by atoms with E-state index in [1.807, 2.05) is 0 Å². The van der Waals surface area contributed by atoms with E-state index < -0.39 is 0 Å². The van der Waals surface area contributed by atoms with E-state index in [-0.39, 0.29) is 5.82 Å². The van der Waals surface area contributed by atoms with Crippen LogP contribution in [0.5, 0.6) is 0 Å². The first kappa shape index (κ1) is 6.73. The third-order valence-electron chi connectivity index (χ3n) is 1.89. The zero-order valence-corrected chi connectivity index (χ0v) is 6.10. The Hall–Kier alpha value is -0.960. The highest BCUT2D eigenvalue weighted by Crippen LogP contribution is 2.11. The molecule has 0 saturated heterocycles. The summed E-state index contributed by atoms with van der Waals surface area (Å²) in [6.07, 6.45) is 2.16. The highest BCUT2D eigenvalue weighted by molar-refractivity contribution is 5.22. The van der Waals surface area contributed by atoms with Crippen LogP contribution in [0, 0.1) is 5.82 Å². The number of aromatic nitrogens is 1. The number of fused-ring (bicyclic) bond motifs is 1. The van der Waals surface area contributed by atoms with Crippen LogP contribution in [0.25, 0.3) is 0 Å². The fourth-order valence-corrected chi connectivity index (χ4v) is 1.31.